The molecular formula is C18H18ClN5. The molecule has 0 atom stereocenters. The maximum atomic E-state index is 6.22. The summed E-state index contributed by atoms with van der Waals surface area (Å²) in [7, 11) is 0. The summed E-state index contributed by atoms with van der Waals surface area (Å²) in [5.41, 5.74) is 10.6. The van der Waals surface area contributed by atoms with E-state index in [0.29, 0.717) is 22.3 Å². The number of hydrogen-bond acceptors (Lipinski definition) is 5. The lowest BCUT2D eigenvalue weighted by molar-refractivity contribution is 1.17. The molecule has 5 nitrogen and oxygen atoms in total. The van der Waals surface area contributed by atoms with Crippen LogP contribution < -0.4 is 16.4 Å². The third kappa shape index (κ3) is 3.58. The predicted octanol–water partition coefficient (Wildman–Crippen LogP) is 4.82. The van der Waals surface area contributed by atoms with Crippen molar-refractivity contribution in [3.05, 3.63) is 64.9 Å². The third-order valence-electron chi connectivity index (χ3n) is 3.62. The molecule has 0 fully saturated rings. The van der Waals surface area contributed by atoms with E-state index in [9.17, 15) is 0 Å². The Bertz CT molecular complexity index is 879. The van der Waals surface area contributed by atoms with Gasteiger partial charge in [-0.3, -0.25) is 0 Å². The van der Waals surface area contributed by atoms with Gasteiger partial charge in [0, 0.05) is 16.4 Å². The first kappa shape index (κ1) is 16.1. The molecule has 0 spiro atoms. The van der Waals surface area contributed by atoms with E-state index < -0.39 is 0 Å². The highest BCUT2D eigenvalue weighted by Crippen LogP contribution is 2.30. The van der Waals surface area contributed by atoms with Crippen molar-refractivity contribution in [1.29, 1.82) is 0 Å². The van der Waals surface area contributed by atoms with Crippen LogP contribution in [0.4, 0.5) is 28.7 Å². The number of hydrogen-bond donors (Lipinski definition) is 3. The topological polar surface area (TPSA) is 75.9 Å². The zero-order chi connectivity index (χ0) is 17.1. The van der Waals surface area contributed by atoms with Crippen LogP contribution in [-0.4, -0.2) is 9.97 Å². The fourth-order valence-corrected chi connectivity index (χ4v) is 2.48. The minimum Gasteiger partial charge on any atom is -0.393 e. The average Bonchev–Trinajstić information content (AvgIpc) is 2.55. The molecule has 0 aliphatic rings. The zero-order valence-electron chi connectivity index (χ0n) is 13.5. The van der Waals surface area contributed by atoms with Crippen LogP contribution in [0.5, 0.6) is 0 Å². The van der Waals surface area contributed by atoms with Gasteiger partial charge in [-0.1, -0.05) is 29.8 Å². The normalized spacial score (nSPS) is 10.5. The molecule has 24 heavy (non-hydrogen) atoms. The molecule has 0 aliphatic carbocycles. The van der Waals surface area contributed by atoms with Gasteiger partial charge in [0.2, 0.25) is 0 Å². The number of rotatable bonds is 4. The van der Waals surface area contributed by atoms with Gasteiger partial charge in [0.15, 0.2) is 11.6 Å². The summed E-state index contributed by atoms with van der Waals surface area (Å²) in [6, 6.07) is 13.6. The van der Waals surface area contributed by atoms with Crippen LogP contribution in [0.1, 0.15) is 11.1 Å². The van der Waals surface area contributed by atoms with E-state index in [1.165, 1.54) is 6.33 Å². The molecule has 0 saturated heterocycles. The van der Waals surface area contributed by atoms with Crippen LogP contribution in [0.25, 0.3) is 0 Å². The first-order valence-electron chi connectivity index (χ1n) is 7.50. The van der Waals surface area contributed by atoms with E-state index in [-0.39, 0.29) is 0 Å². The summed E-state index contributed by atoms with van der Waals surface area (Å²) in [6.45, 7) is 4.02. The van der Waals surface area contributed by atoms with Crippen molar-refractivity contribution < 1.29 is 0 Å². The Balaban J connectivity index is 1.89. The second-order valence-electron chi connectivity index (χ2n) is 5.56. The van der Waals surface area contributed by atoms with Gasteiger partial charge in [0.05, 0.1) is 0 Å². The lowest BCUT2D eigenvalue weighted by Crippen LogP contribution is -2.05. The van der Waals surface area contributed by atoms with E-state index in [1.807, 2.05) is 56.3 Å². The van der Waals surface area contributed by atoms with Crippen LogP contribution in [0, 0.1) is 13.8 Å². The Labute approximate surface area is 145 Å². The van der Waals surface area contributed by atoms with Crippen molar-refractivity contribution >= 4 is 40.3 Å². The first-order chi connectivity index (χ1) is 11.5. The molecule has 1 heterocycles. The smallest absolute Gasteiger partial charge is 0.159 e. The first-order valence-corrected chi connectivity index (χ1v) is 7.88. The minimum atomic E-state index is 0.443. The highest BCUT2D eigenvalue weighted by molar-refractivity contribution is 6.30. The monoisotopic (exact) mass is 339 g/mol. The summed E-state index contributed by atoms with van der Waals surface area (Å²) in [5.74, 6) is 1.09. The molecule has 0 bridgehead atoms. The maximum absolute atomic E-state index is 6.22. The molecule has 0 aliphatic heterocycles. The van der Waals surface area contributed by atoms with Crippen molar-refractivity contribution in [3.63, 3.8) is 0 Å². The van der Waals surface area contributed by atoms with Crippen molar-refractivity contribution in [1.82, 2.24) is 9.97 Å². The number of anilines is 5. The Hall–Kier alpha value is -2.79. The number of nitrogens with zero attached hydrogens (tertiary/aromatic N) is 2. The second-order valence-corrected chi connectivity index (χ2v) is 6.00. The Kier molecular flexibility index (Phi) is 4.53. The van der Waals surface area contributed by atoms with Gasteiger partial charge in [-0.25, -0.2) is 9.97 Å². The van der Waals surface area contributed by atoms with Crippen molar-refractivity contribution in [2.75, 3.05) is 16.4 Å². The van der Waals surface area contributed by atoms with E-state index in [4.69, 9.17) is 17.3 Å². The van der Waals surface area contributed by atoms with E-state index >= 15 is 0 Å². The fraction of sp³-hybridized carbons (Fsp3) is 0.111. The average molecular weight is 340 g/mol. The Morgan fingerprint density at radius 1 is 0.958 bits per heavy atom. The maximum Gasteiger partial charge on any atom is 0.159 e. The Morgan fingerprint density at radius 3 is 2.46 bits per heavy atom. The largest absolute Gasteiger partial charge is 0.393 e. The Morgan fingerprint density at radius 2 is 1.71 bits per heavy atom. The molecule has 0 saturated carbocycles. The van der Waals surface area contributed by atoms with Crippen LogP contribution in [0.15, 0.2) is 48.8 Å². The van der Waals surface area contributed by atoms with Crippen molar-refractivity contribution in [3.8, 4) is 0 Å². The van der Waals surface area contributed by atoms with E-state index in [0.717, 1.165) is 22.5 Å². The molecule has 0 unspecified atom stereocenters. The lowest BCUT2D eigenvalue weighted by Gasteiger charge is -2.14. The predicted molar refractivity (Wildman–Crippen MR) is 100 cm³/mol. The molecule has 1 aromatic heterocycles. The summed E-state index contributed by atoms with van der Waals surface area (Å²) in [5, 5.41) is 7.09. The number of nitrogens with two attached hydrogens (primary N) is 1. The fourth-order valence-electron chi connectivity index (χ4n) is 2.31. The number of aromatic nitrogens is 2. The van der Waals surface area contributed by atoms with Crippen LogP contribution >= 0.6 is 11.6 Å². The molecule has 122 valence electrons. The molecule has 0 amide bonds. The van der Waals surface area contributed by atoms with Gasteiger partial charge in [-0.05, 0) is 49.2 Å². The van der Waals surface area contributed by atoms with Gasteiger partial charge in [-0.2, -0.15) is 0 Å². The molecule has 4 N–H and O–H groups in total. The zero-order valence-corrected chi connectivity index (χ0v) is 14.2. The van der Waals surface area contributed by atoms with Gasteiger partial charge < -0.3 is 16.4 Å². The number of nitrogens with one attached hydrogen (secondary N) is 2. The lowest BCUT2D eigenvalue weighted by atomic mass is 10.2. The standard InChI is InChI=1S/C18H18ClN5/c1-11-4-3-5-14(8-11)23-17-16(20)18(22-10-21-17)24-15-9-13(19)7-6-12(15)2/h3-10H,20H2,1-2H3,(H2,21,22,23,24). The summed E-state index contributed by atoms with van der Waals surface area (Å²) < 4.78 is 0. The molecular weight excluding hydrogens is 322 g/mol. The number of aryl methyl sites for hydroxylation is 2. The second kappa shape index (κ2) is 6.76. The molecule has 2 aromatic carbocycles. The van der Waals surface area contributed by atoms with Crippen LogP contribution in [0.2, 0.25) is 5.02 Å². The van der Waals surface area contributed by atoms with Gasteiger partial charge >= 0.3 is 0 Å². The van der Waals surface area contributed by atoms with Crippen LogP contribution in [0.3, 0.4) is 0 Å². The molecule has 3 aromatic rings. The number of nitrogen functional groups attached to an aromatic ring is 1. The number of benzene rings is 2. The van der Waals surface area contributed by atoms with Gasteiger partial charge in [0.25, 0.3) is 0 Å². The molecule has 3 rings (SSSR count). The van der Waals surface area contributed by atoms with Gasteiger partial charge in [-0.15, -0.1) is 0 Å². The van der Waals surface area contributed by atoms with Crippen molar-refractivity contribution in [2.45, 2.75) is 13.8 Å². The van der Waals surface area contributed by atoms with Crippen LogP contribution in [-0.2, 0) is 0 Å². The SMILES string of the molecule is Cc1cccc(Nc2ncnc(Nc3cc(Cl)ccc3C)c2N)c1. The molecule has 0 radical (unpaired) electrons. The highest BCUT2D eigenvalue weighted by atomic mass is 35.5. The summed E-state index contributed by atoms with van der Waals surface area (Å²) >= 11 is 6.06. The van der Waals surface area contributed by atoms with Gasteiger partial charge in [0.1, 0.15) is 12.0 Å². The minimum absolute atomic E-state index is 0.443. The van der Waals surface area contributed by atoms with E-state index in [1.54, 1.807) is 0 Å². The number of halogens is 1. The third-order valence-corrected chi connectivity index (χ3v) is 3.85. The summed E-state index contributed by atoms with van der Waals surface area (Å²) in [4.78, 5) is 8.47. The van der Waals surface area contributed by atoms with Crippen molar-refractivity contribution in [2.24, 2.45) is 0 Å². The quantitative estimate of drug-likeness (QED) is 0.635. The highest BCUT2D eigenvalue weighted by Gasteiger charge is 2.10. The summed E-state index contributed by atoms with van der Waals surface area (Å²) in [6.07, 6.45) is 1.47. The molecule has 6 heteroatoms. The van der Waals surface area contributed by atoms with E-state index in [2.05, 4.69) is 20.6 Å².